The van der Waals surface area contributed by atoms with E-state index in [1.54, 1.807) is 0 Å². The molecule has 0 spiro atoms. The Morgan fingerprint density at radius 2 is 2.26 bits per heavy atom. The lowest BCUT2D eigenvalue weighted by Crippen LogP contribution is -1.94. The average molecular weight is 303 g/mol. The summed E-state index contributed by atoms with van der Waals surface area (Å²) in [5, 5.41) is 10.7. The van der Waals surface area contributed by atoms with Crippen LogP contribution in [0.15, 0.2) is 18.2 Å². The maximum absolute atomic E-state index is 12.9. The fraction of sp³-hybridized carbons (Fsp3) is 0. The van der Waals surface area contributed by atoms with Gasteiger partial charge in [0.2, 0.25) is 5.75 Å². The highest BCUT2D eigenvalue weighted by atomic mass is 35.5. The quantitative estimate of drug-likeness (QED) is 0.491. The third-order valence-electron chi connectivity index (χ3n) is 2.01. The number of hydrogen-bond donors (Lipinski definition) is 0. The minimum atomic E-state index is -0.783. The molecule has 0 bridgehead atoms. The molecule has 1 heterocycles. The van der Waals surface area contributed by atoms with E-state index in [0.29, 0.717) is 6.29 Å². The molecule has 0 amide bonds. The van der Waals surface area contributed by atoms with Crippen LogP contribution in [0.3, 0.4) is 0 Å². The van der Waals surface area contributed by atoms with E-state index in [0.717, 1.165) is 29.5 Å². The summed E-state index contributed by atoms with van der Waals surface area (Å²) in [7, 11) is 0. The minimum Gasteiger partial charge on any atom is -0.423 e. The van der Waals surface area contributed by atoms with Crippen LogP contribution in [0.4, 0.5) is 10.1 Å². The summed E-state index contributed by atoms with van der Waals surface area (Å²) in [4.78, 5) is 24.4. The Labute approximate surface area is 114 Å². The second-order valence-electron chi connectivity index (χ2n) is 3.22. The van der Waals surface area contributed by atoms with E-state index < -0.39 is 16.4 Å². The van der Waals surface area contributed by atoms with Crippen LogP contribution in [0.5, 0.6) is 10.9 Å². The van der Waals surface area contributed by atoms with E-state index in [1.807, 2.05) is 0 Å². The van der Waals surface area contributed by atoms with Crippen molar-refractivity contribution in [3.63, 3.8) is 0 Å². The predicted octanol–water partition coefficient (Wildman–Crippen LogP) is 3.45. The van der Waals surface area contributed by atoms with Gasteiger partial charge in [-0.1, -0.05) is 22.9 Å². The molecule has 0 saturated heterocycles. The van der Waals surface area contributed by atoms with Crippen LogP contribution in [-0.2, 0) is 0 Å². The Morgan fingerprint density at radius 3 is 2.84 bits per heavy atom. The standard InChI is InChI=1S/C10H4ClFN2O4S/c11-9-8(4-15)19-10(13-9)18-7-2-1-5(12)3-6(7)14(16)17/h1-4H. The van der Waals surface area contributed by atoms with E-state index >= 15 is 0 Å². The zero-order valence-electron chi connectivity index (χ0n) is 9.00. The van der Waals surface area contributed by atoms with Crippen LogP contribution >= 0.6 is 22.9 Å². The van der Waals surface area contributed by atoms with Gasteiger partial charge in [0.25, 0.3) is 5.19 Å². The van der Waals surface area contributed by atoms with Crippen molar-refractivity contribution in [3.8, 4) is 10.9 Å². The van der Waals surface area contributed by atoms with E-state index in [1.165, 1.54) is 0 Å². The van der Waals surface area contributed by atoms with Crippen molar-refractivity contribution in [2.24, 2.45) is 0 Å². The fourth-order valence-electron chi connectivity index (χ4n) is 1.22. The molecule has 98 valence electrons. The van der Waals surface area contributed by atoms with Gasteiger partial charge in [-0.25, -0.2) is 4.39 Å². The van der Waals surface area contributed by atoms with Gasteiger partial charge in [0.15, 0.2) is 11.4 Å². The average Bonchev–Trinajstić information content (AvgIpc) is 2.71. The largest absolute Gasteiger partial charge is 0.423 e. The van der Waals surface area contributed by atoms with Gasteiger partial charge in [-0.3, -0.25) is 14.9 Å². The molecule has 0 N–H and O–H groups in total. The Bertz CT molecular complexity index is 661. The van der Waals surface area contributed by atoms with Gasteiger partial charge in [0.1, 0.15) is 10.7 Å². The summed E-state index contributed by atoms with van der Waals surface area (Å²) in [5.74, 6) is -0.945. The number of benzene rings is 1. The van der Waals surface area contributed by atoms with Gasteiger partial charge >= 0.3 is 5.69 Å². The SMILES string of the molecule is O=Cc1sc(Oc2ccc(F)cc2[N+](=O)[O-])nc1Cl. The Balaban J connectivity index is 2.37. The second-order valence-corrected chi connectivity index (χ2v) is 4.58. The number of ether oxygens (including phenoxy) is 1. The zero-order chi connectivity index (χ0) is 14.0. The number of aromatic nitrogens is 1. The van der Waals surface area contributed by atoms with Gasteiger partial charge in [-0.15, -0.1) is 0 Å². The van der Waals surface area contributed by atoms with E-state index in [9.17, 15) is 19.3 Å². The highest BCUT2D eigenvalue weighted by Gasteiger charge is 2.19. The predicted molar refractivity (Wildman–Crippen MR) is 65.6 cm³/mol. The first-order valence-electron chi connectivity index (χ1n) is 4.74. The van der Waals surface area contributed by atoms with Gasteiger partial charge in [-0.05, 0) is 12.1 Å². The van der Waals surface area contributed by atoms with Crippen molar-refractivity contribution >= 4 is 34.9 Å². The van der Waals surface area contributed by atoms with Crippen LogP contribution in [0.25, 0.3) is 0 Å². The van der Waals surface area contributed by atoms with Crippen molar-refractivity contribution in [2.75, 3.05) is 0 Å². The lowest BCUT2D eigenvalue weighted by molar-refractivity contribution is -0.385. The highest BCUT2D eigenvalue weighted by Crippen LogP contribution is 2.35. The van der Waals surface area contributed by atoms with E-state index in [2.05, 4.69) is 4.98 Å². The van der Waals surface area contributed by atoms with E-state index in [4.69, 9.17) is 16.3 Å². The molecule has 0 unspecified atom stereocenters. The maximum Gasteiger partial charge on any atom is 0.314 e. The number of carbonyl (C=O) groups is 1. The minimum absolute atomic E-state index is 0.0400. The van der Waals surface area contributed by atoms with Crippen LogP contribution < -0.4 is 4.74 Å². The fourth-order valence-corrected chi connectivity index (χ4v) is 2.15. The Kier molecular flexibility index (Phi) is 3.72. The number of hydrogen-bond acceptors (Lipinski definition) is 6. The number of nitro groups is 1. The van der Waals surface area contributed by atoms with Gasteiger partial charge in [0.05, 0.1) is 11.0 Å². The van der Waals surface area contributed by atoms with Crippen molar-refractivity contribution in [1.29, 1.82) is 0 Å². The molecule has 2 aromatic rings. The molecule has 0 aliphatic heterocycles. The summed E-state index contributed by atoms with van der Waals surface area (Å²) < 4.78 is 18.1. The Morgan fingerprint density at radius 1 is 1.53 bits per heavy atom. The van der Waals surface area contributed by atoms with Crippen LogP contribution in [0, 0.1) is 15.9 Å². The molecule has 1 aromatic carbocycles. The molecule has 0 aliphatic rings. The number of carbonyl (C=O) groups excluding carboxylic acids is 1. The molecule has 0 saturated carbocycles. The normalized spacial score (nSPS) is 10.2. The zero-order valence-corrected chi connectivity index (χ0v) is 10.6. The maximum atomic E-state index is 12.9. The molecular weight excluding hydrogens is 299 g/mol. The third kappa shape index (κ3) is 2.85. The van der Waals surface area contributed by atoms with Crippen LogP contribution in [0.2, 0.25) is 5.15 Å². The van der Waals surface area contributed by atoms with Crippen molar-refractivity contribution in [3.05, 3.63) is 44.2 Å². The molecule has 0 aliphatic carbocycles. The summed E-state index contributed by atoms with van der Waals surface area (Å²) in [5.41, 5.74) is -0.543. The molecule has 6 nitrogen and oxygen atoms in total. The molecule has 0 atom stereocenters. The number of halogens is 2. The van der Waals surface area contributed by atoms with Crippen molar-refractivity contribution < 1.29 is 18.8 Å². The smallest absolute Gasteiger partial charge is 0.314 e. The van der Waals surface area contributed by atoms with Crippen LogP contribution in [-0.4, -0.2) is 16.2 Å². The van der Waals surface area contributed by atoms with Gasteiger partial charge in [0, 0.05) is 0 Å². The van der Waals surface area contributed by atoms with Gasteiger partial charge < -0.3 is 4.74 Å². The number of rotatable bonds is 4. The molecule has 19 heavy (non-hydrogen) atoms. The van der Waals surface area contributed by atoms with Crippen molar-refractivity contribution in [2.45, 2.75) is 0 Å². The topological polar surface area (TPSA) is 82.3 Å². The van der Waals surface area contributed by atoms with Crippen LogP contribution in [0.1, 0.15) is 9.67 Å². The third-order valence-corrected chi connectivity index (χ3v) is 3.27. The molecule has 1 aromatic heterocycles. The first-order valence-corrected chi connectivity index (χ1v) is 5.94. The highest BCUT2D eigenvalue weighted by molar-refractivity contribution is 7.15. The summed E-state index contributed by atoms with van der Waals surface area (Å²) in [6.07, 6.45) is 0.492. The number of nitrogens with zero attached hydrogens (tertiary/aromatic N) is 2. The molecule has 9 heteroatoms. The summed E-state index contributed by atoms with van der Waals surface area (Å²) in [6, 6.07) is 2.84. The van der Waals surface area contributed by atoms with E-state index in [-0.39, 0.29) is 21.0 Å². The van der Waals surface area contributed by atoms with Crippen molar-refractivity contribution in [1.82, 2.24) is 4.98 Å². The molecule has 2 rings (SSSR count). The summed E-state index contributed by atoms with van der Waals surface area (Å²) in [6.45, 7) is 0. The Hall–Kier alpha value is -2.06. The first-order chi connectivity index (χ1) is 9.01. The number of nitro benzene ring substituents is 1. The van der Waals surface area contributed by atoms with Gasteiger partial charge in [-0.2, -0.15) is 4.98 Å². The summed E-state index contributed by atoms with van der Waals surface area (Å²) >= 11 is 6.46. The molecular formula is C10H4ClFN2O4S. The number of aldehydes is 1. The first kappa shape index (κ1) is 13.4. The second kappa shape index (κ2) is 5.29. The lowest BCUT2D eigenvalue weighted by atomic mass is 10.3. The monoisotopic (exact) mass is 302 g/mol. The molecule has 0 fully saturated rings. The molecule has 0 radical (unpaired) electrons. The lowest BCUT2D eigenvalue weighted by Gasteiger charge is -2.02. The number of thiazole rings is 1.